The first-order valence-electron chi connectivity index (χ1n) is 7.78. The number of benzene rings is 1. The average Bonchev–Trinajstić information content (AvgIpc) is 2.38. The summed E-state index contributed by atoms with van der Waals surface area (Å²) in [5.41, 5.74) is 2.72. The van der Waals surface area contributed by atoms with Gasteiger partial charge in [0.1, 0.15) is 0 Å². The van der Waals surface area contributed by atoms with E-state index in [-0.39, 0.29) is 0 Å². The lowest BCUT2D eigenvalue weighted by atomic mass is 10.2. The lowest BCUT2D eigenvalue weighted by Crippen LogP contribution is -2.23. The van der Waals surface area contributed by atoms with E-state index in [1.165, 1.54) is 17.2 Å². The van der Waals surface area contributed by atoms with Gasteiger partial charge >= 0.3 is 0 Å². The zero-order valence-electron chi connectivity index (χ0n) is 13.3. The van der Waals surface area contributed by atoms with Gasteiger partial charge in [0.2, 0.25) is 0 Å². The number of hydrogen-bond donors (Lipinski definition) is 1. The molecule has 0 saturated carbocycles. The number of ether oxygens (including phenoxy) is 1. The van der Waals surface area contributed by atoms with Crippen LogP contribution in [0.5, 0.6) is 0 Å². The predicted molar refractivity (Wildman–Crippen MR) is 88.7 cm³/mol. The first kappa shape index (κ1) is 17.4. The van der Waals surface area contributed by atoms with Crippen LogP contribution in [0.3, 0.4) is 0 Å². The van der Waals surface area contributed by atoms with E-state index in [9.17, 15) is 0 Å². The van der Waals surface area contributed by atoms with Gasteiger partial charge in [-0.05, 0) is 24.4 Å². The highest BCUT2D eigenvalue weighted by molar-refractivity contribution is 6.75. The maximum atomic E-state index is 8.68. The minimum atomic E-state index is -1.01. The topological polar surface area (TPSA) is 29.5 Å². The molecule has 3 heteroatoms. The SMILES string of the molecule is C[Si](C)(C)Cc1ccc(COCCCCCCO)cc1. The first-order valence-corrected chi connectivity index (χ1v) is 11.5. The fourth-order valence-electron chi connectivity index (χ4n) is 2.23. The van der Waals surface area contributed by atoms with Gasteiger partial charge < -0.3 is 9.84 Å². The second kappa shape index (κ2) is 9.32. The molecule has 0 aliphatic rings. The maximum Gasteiger partial charge on any atom is 0.0716 e. The van der Waals surface area contributed by atoms with Crippen molar-refractivity contribution in [1.82, 2.24) is 0 Å². The molecular formula is C17H30O2Si. The third-order valence-electron chi connectivity index (χ3n) is 3.22. The number of aliphatic hydroxyl groups excluding tert-OH is 1. The lowest BCUT2D eigenvalue weighted by Gasteiger charge is -2.15. The largest absolute Gasteiger partial charge is 0.396 e. The highest BCUT2D eigenvalue weighted by Gasteiger charge is 2.13. The molecule has 0 unspecified atom stereocenters. The van der Waals surface area contributed by atoms with Crippen molar-refractivity contribution in [2.24, 2.45) is 0 Å². The molecule has 0 atom stereocenters. The second-order valence-corrected chi connectivity index (χ2v) is 12.2. The Balaban J connectivity index is 2.18. The summed E-state index contributed by atoms with van der Waals surface area (Å²) >= 11 is 0. The summed E-state index contributed by atoms with van der Waals surface area (Å²) in [7, 11) is -1.01. The van der Waals surface area contributed by atoms with Crippen molar-refractivity contribution in [2.45, 2.75) is 58.0 Å². The van der Waals surface area contributed by atoms with E-state index in [1.54, 1.807) is 0 Å². The molecule has 0 amide bonds. The van der Waals surface area contributed by atoms with Crippen LogP contribution in [-0.4, -0.2) is 26.4 Å². The Morgan fingerprint density at radius 1 is 0.900 bits per heavy atom. The lowest BCUT2D eigenvalue weighted by molar-refractivity contribution is 0.116. The molecule has 0 aliphatic carbocycles. The van der Waals surface area contributed by atoms with Gasteiger partial charge in [0.25, 0.3) is 0 Å². The molecule has 1 N–H and O–H groups in total. The molecule has 0 spiro atoms. The van der Waals surface area contributed by atoms with Crippen LogP contribution >= 0.6 is 0 Å². The Morgan fingerprint density at radius 2 is 1.50 bits per heavy atom. The van der Waals surface area contributed by atoms with E-state index in [2.05, 4.69) is 43.9 Å². The highest BCUT2D eigenvalue weighted by atomic mass is 28.3. The summed E-state index contributed by atoms with van der Waals surface area (Å²) in [4.78, 5) is 0. The number of rotatable bonds is 10. The standard InChI is InChI=1S/C17H30O2Si/c1-20(2,3)15-17-10-8-16(9-11-17)14-19-13-7-5-4-6-12-18/h8-11,18H,4-7,12-15H2,1-3H3. The zero-order valence-corrected chi connectivity index (χ0v) is 14.3. The van der Waals surface area contributed by atoms with Crippen molar-refractivity contribution >= 4 is 8.07 Å². The third-order valence-corrected chi connectivity index (χ3v) is 4.69. The molecule has 1 aromatic carbocycles. The normalized spacial score (nSPS) is 11.8. The molecule has 0 heterocycles. The molecule has 0 aliphatic heterocycles. The number of hydrogen-bond acceptors (Lipinski definition) is 2. The second-order valence-electron chi connectivity index (χ2n) is 6.74. The van der Waals surface area contributed by atoms with Crippen molar-refractivity contribution in [3.63, 3.8) is 0 Å². The number of unbranched alkanes of at least 4 members (excludes halogenated alkanes) is 3. The molecule has 20 heavy (non-hydrogen) atoms. The summed E-state index contributed by atoms with van der Waals surface area (Å²) < 4.78 is 5.69. The quantitative estimate of drug-likeness (QED) is 0.518. The molecule has 2 nitrogen and oxygen atoms in total. The Hall–Kier alpha value is -0.643. The van der Waals surface area contributed by atoms with Gasteiger partial charge in [-0.15, -0.1) is 0 Å². The summed E-state index contributed by atoms with van der Waals surface area (Å²) in [5, 5.41) is 8.68. The van der Waals surface area contributed by atoms with E-state index in [4.69, 9.17) is 9.84 Å². The molecular weight excluding hydrogens is 264 g/mol. The minimum Gasteiger partial charge on any atom is -0.396 e. The smallest absolute Gasteiger partial charge is 0.0716 e. The van der Waals surface area contributed by atoms with E-state index in [0.717, 1.165) is 32.3 Å². The van der Waals surface area contributed by atoms with E-state index in [1.807, 2.05) is 0 Å². The summed E-state index contributed by atoms with van der Waals surface area (Å²) in [6.45, 7) is 9.06. The van der Waals surface area contributed by atoms with Crippen LogP contribution in [0.15, 0.2) is 24.3 Å². The van der Waals surface area contributed by atoms with Crippen molar-refractivity contribution in [3.8, 4) is 0 Å². The molecule has 0 bridgehead atoms. The van der Waals surface area contributed by atoms with Crippen LogP contribution in [0, 0.1) is 0 Å². The van der Waals surface area contributed by atoms with Gasteiger partial charge in [-0.1, -0.05) is 62.3 Å². The van der Waals surface area contributed by atoms with Crippen molar-refractivity contribution < 1.29 is 9.84 Å². The van der Waals surface area contributed by atoms with Crippen molar-refractivity contribution in [2.75, 3.05) is 13.2 Å². The van der Waals surface area contributed by atoms with Crippen molar-refractivity contribution in [3.05, 3.63) is 35.4 Å². The fraction of sp³-hybridized carbons (Fsp3) is 0.647. The Labute approximate surface area is 125 Å². The summed E-state index contributed by atoms with van der Waals surface area (Å²) in [6, 6.07) is 10.1. The number of aliphatic hydroxyl groups is 1. The molecule has 0 radical (unpaired) electrons. The van der Waals surface area contributed by atoms with Crippen LogP contribution < -0.4 is 0 Å². The van der Waals surface area contributed by atoms with E-state index in [0.29, 0.717) is 13.2 Å². The van der Waals surface area contributed by atoms with Gasteiger partial charge in [-0.3, -0.25) is 0 Å². The molecule has 1 rings (SSSR count). The van der Waals surface area contributed by atoms with Gasteiger partial charge in [0.15, 0.2) is 0 Å². The van der Waals surface area contributed by atoms with Crippen molar-refractivity contribution in [1.29, 1.82) is 0 Å². The van der Waals surface area contributed by atoms with Gasteiger partial charge in [-0.25, -0.2) is 0 Å². The molecule has 1 aromatic rings. The summed E-state index contributed by atoms with van der Waals surface area (Å²) in [5.74, 6) is 0. The van der Waals surface area contributed by atoms with E-state index >= 15 is 0 Å². The highest BCUT2D eigenvalue weighted by Crippen LogP contribution is 2.13. The maximum absolute atomic E-state index is 8.68. The van der Waals surface area contributed by atoms with Crippen LogP contribution in [0.1, 0.15) is 36.8 Å². The summed E-state index contributed by atoms with van der Waals surface area (Å²) in [6.07, 6.45) is 4.26. The third kappa shape index (κ3) is 8.51. The fourth-order valence-corrected chi connectivity index (χ4v) is 3.69. The van der Waals surface area contributed by atoms with Crippen LogP contribution in [0.2, 0.25) is 19.6 Å². The Bertz CT molecular complexity index is 354. The molecule has 0 fully saturated rings. The Morgan fingerprint density at radius 3 is 2.10 bits per heavy atom. The Kier molecular flexibility index (Phi) is 8.11. The van der Waals surface area contributed by atoms with Gasteiger partial charge in [0.05, 0.1) is 6.61 Å². The van der Waals surface area contributed by atoms with E-state index < -0.39 is 8.07 Å². The van der Waals surface area contributed by atoms with Crippen LogP contribution in [0.25, 0.3) is 0 Å². The van der Waals surface area contributed by atoms with Crippen LogP contribution in [0.4, 0.5) is 0 Å². The molecule has 114 valence electrons. The first-order chi connectivity index (χ1) is 9.51. The minimum absolute atomic E-state index is 0.310. The monoisotopic (exact) mass is 294 g/mol. The zero-order chi connectivity index (χ0) is 14.8. The predicted octanol–water partition coefficient (Wildman–Crippen LogP) is 4.18. The molecule has 0 aromatic heterocycles. The average molecular weight is 295 g/mol. The van der Waals surface area contributed by atoms with Gasteiger partial charge in [0, 0.05) is 21.3 Å². The molecule has 0 saturated heterocycles. The van der Waals surface area contributed by atoms with Crippen LogP contribution in [-0.2, 0) is 17.4 Å². The van der Waals surface area contributed by atoms with Gasteiger partial charge in [-0.2, -0.15) is 0 Å².